The number of ether oxygens (including phenoxy) is 2. The fourth-order valence-electron chi connectivity index (χ4n) is 3.57. The first-order valence-corrected chi connectivity index (χ1v) is 10.9. The molecule has 2 aliphatic heterocycles. The maximum Gasteiger partial charge on any atom is 0.310 e. The van der Waals surface area contributed by atoms with Gasteiger partial charge in [0.1, 0.15) is 5.75 Å². The highest BCUT2D eigenvalue weighted by molar-refractivity contribution is 7.99. The number of rotatable bonds is 3. The van der Waals surface area contributed by atoms with E-state index in [0.29, 0.717) is 17.1 Å². The molecule has 7 heteroatoms. The Balaban J connectivity index is 1.44. The minimum Gasteiger partial charge on any atom is -0.507 e. The lowest BCUT2D eigenvalue weighted by molar-refractivity contribution is -0.148. The molecule has 2 heterocycles. The lowest BCUT2D eigenvalue weighted by Gasteiger charge is -2.29. The molecule has 0 bridgehead atoms. The molecule has 1 aromatic rings. The molecule has 0 aromatic heterocycles. The SMILES string of the molecule is O=C(C[C@H]1CC2=C(CO1)C(=O)c1c(O)cccc1C2=O)OC1C#CCSCC#C/C=C\1. The summed E-state index contributed by atoms with van der Waals surface area (Å²) in [4.78, 5) is 38.1. The standard InChI is InChI=1S/C24H18O6S/c25-20-9-4-8-17-22(20)24(28)19-14-29-16(12-18(19)23(17)27)13-21(26)30-15-6-2-1-3-10-31-11-5-7-15/h2,4,6,8-9,15-16,25H,10-14H2/b6-2-/t15?,16-/m1/s1. The van der Waals surface area contributed by atoms with E-state index in [1.54, 1.807) is 23.9 Å². The summed E-state index contributed by atoms with van der Waals surface area (Å²) < 4.78 is 11.1. The van der Waals surface area contributed by atoms with Gasteiger partial charge in [-0.3, -0.25) is 14.4 Å². The smallest absolute Gasteiger partial charge is 0.310 e. The van der Waals surface area contributed by atoms with Crippen molar-refractivity contribution >= 4 is 29.3 Å². The molecule has 1 N–H and O–H groups in total. The number of hydrogen-bond donors (Lipinski definition) is 1. The van der Waals surface area contributed by atoms with Gasteiger partial charge in [-0.1, -0.05) is 35.8 Å². The first-order valence-electron chi connectivity index (χ1n) is 9.70. The predicted octanol–water partition coefficient (Wildman–Crippen LogP) is 2.47. The number of thioether (sulfide) groups is 1. The van der Waals surface area contributed by atoms with E-state index in [4.69, 9.17) is 9.47 Å². The van der Waals surface area contributed by atoms with Gasteiger partial charge in [0.25, 0.3) is 0 Å². The van der Waals surface area contributed by atoms with Crippen molar-refractivity contribution in [1.82, 2.24) is 0 Å². The van der Waals surface area contributed by atoms with Crippen molar-refractivity contribution in [1.29, 1.82) is 0 Å². The third-order valence-electron chi connectivity index (χ3n) is 5.02. The third kappa shape index (κ3) is 4.59. The van der Waals surface area contributed by atoms with Gasteiger partial charge < -0.3 is 14.6 Å². The third-order valence-corrected chi connectivity index (χ3v) is 5.72. The Bertz CT molecular complexity index is 1140. The first kappa shape index (κ1) is 21.0. The molecule has 1 unspecified atom stereocenters. The molecule has 0 fully saturated rings. The Morgan fingerprint density at radius 3 is 2.90 bits per heavy atom. The zero-order valence-corrected chi connectivity index (χ0v) is 17.3. The molecule has 1 aromatic carbocycles. The highest BCUT2D eigenvalue weighted by atomic mass is 32.2. The van der Waals surface area contributed by atoms with Crippen LogP contribution in [0.15, 0.2) is 41.5 Å². The number of allylic oxidation sites excluding steroid dienone is 1. The molecule has 2 atom stereocenters. The first-order chi connectivity index (χ1) is 15.0. The number of fused-ring (bicyclic) bond motifs is 1. The van der Waals surface area contributed by atoms with Crippen LogP contribution in [0.25, 0.3) is 0 Å². The van der Waals surface area contributed by atoms with Crippen LogP contribution in [-0.4, -0.2) is 53.0 Å². The highest BCUT2D eigenvalue weighted by Gasteiger charge is 2.38. The maximum atomic E-state index is 12.9. The van der Waals surface area contributed by atoms with Crippen LogP contribution in [-0.2, 0) is 14.3 Å². The van der Waals surface area contributed by atoms with Gasteiger partial charge in [0.15, 0.2) is 17.7 Å². The number of aromatic hydroxyl groups is 1. The van der Waals surface area contributed by atoms with Crippen molar-refractivity contribution in [2.75, 3.05) is 18.1 Å². The summed E-state index contributed by atoms with van der Waals surface area (Å²) in [6.07, 6.45) is 2.01. The molecule has 156 valence electrons. The van der Waals surface area contributed by atoms with Crippen molar-refractivity contribution < 1.29 is 29.0 Å². The van der Waals surface area contributed by atoms with Crippen LogP contribution in [0, 0.1) is 23.7 Å². The highest BCUT2D eigenvalue weighted by Crippen LogP contribution is 2.36. The number of esters is 1. The average molecular weight is 434 g/mol. The molecular weight excluding hydrogens is 416 g/mol. The monoisotopic (exact) mass is 434 g/mol. The molecule has 6 nitrogen and oxygen atoms in total. The van der Waals surface area contributed by atoms with Gasteiger partial charge in [0.2, 0.25) is 0 Å². The average Bonchev–Trinajstić information content (AvgIpc) is 2.76. The Morgan fingerprint density at radius 1 is 1.19 bits per heavy atom. The van der Waals surface area contributed by atoms with E-state index in [1.165, 1.54) is 18.2 Å². The molecule has 3 aliphatic rings. The number of phenols is 1. The minimum absolute atomic E-state index is 0.00957. The van der Waals surface area contributed by atoms with E-state index in [1.807, 2.05) is 0 Å². The number of Topliss-reactive ketones (excluding diaryl/α,β-unsaturated/α-hetero) is 2. The number of ketones is 2. The van der Waals surface area contributed by atoms with E-state index >= 15 is 0 Å². The van der Waals surface area contributed by atoms with Crippen molar-refractivity contribution in [3.05, 3.63) is 52.6 Å². The topological polar surface area (TPSA) is 89.9 Å². The summed E-state index contributed by atoms with van der Waals surface area (Å²) in [5.41, 5.74) is 0.752. The van der Waals surface area contributed by atoms with Crippen molar-refractivity contribution in [2.45, 2.75) is 25.0 Å². The van der Waals surface area contributed by atoms with Crippen LogP contribution in [0.2, 0.25) is 0 Å². The summed E-state index contributed by atoms with van der Waals surface area (Å²) in [6, 6.07) is 4.41. The summed E-state index contributed by atoms with van der Waals surface area (Å²) in [6.45, 7) is -0.0957. The van der Waals surface area contributed by atoms with E-state index in [2.05, 4.69) is 23.7 Å². The molecule has 0 amide bonds. The minimum atomic E-state index is -0.702. The quantitative estimate of drug-likeness (QED) is 0.577. The second-order valence-corrected chi connectivity index (χ2v) is 8.05. The van der Waals surface area contributed by atoms with E-state index in [-0.39, 0.29) is 47.7 Å². The number of carbonyl (C=O) groups is 3. The Labute approximate surface area is 183 Å². The van der Waals surface area contributed by atoms with E-state index < -0.39 is 24.0 Å². The normalized spacial score (nSPS) is 23.4. The number of phenolic OH excluding ortho intramolecular Hbond substituents is 1. The van der Waals surface area contributed by atoms with Crippen molar-refractivity contribution in [3.63, 3.8) is 0 Å². The fourth-order valence-corrected chi connectivity index (χ4v) is 4.04. The van der Waals surface area contributed by atoms with Gasteiger partial charge in [-0.25, -0.2) is 0 Å². The number of hydrogen-bond acceptors (Lipinski definition) is 7. The van der Waals surface area contributed by atoms with Gasteiger partial charge in [0, 0.05) is 23.1 Å². The molecular formula is C24H18O6S. The second-order valence-electron chi connectivity index (χ2n) is 7.06. The van der Waals surface area contributed by atoms with Gasteiger partial charge >= 0.3 is 5.97 Å². The van der Waals surface area contributed by atoms with E-state index in [9.17, 15) is 19.5 Å². The van der Waals surface area contributed by atoms with Crippen LogP contribution in [0.5, 0.6) is 5.75 Å². The Morgan fingerprint density at radius 2 is 2.03 bits per heavy atom. The fraction of sp³-hybridized carbons (Fsp3) is 0.292. The maximum absolute atomic E-state index is 12.9. The predicted molar refractivity (Wildman–Crippen MR) is 115 cm³/mol. The van der Waals surface area contributed by atoms with Crippen molar-refractivity contribution in [3.8, 4) is 29.4 Å². The largest absolute Gasteiger partial charge is 0.507 e. The van der Waals surface area contributed by atoms with Gasteiger partial charge in [-0.2, -0.15) is 0 Å². The molecule has 31 heavy (non-hydrogen) atoms. The Hall–Kier alpha value is -3.26. The van der Waals surface area contributed by atoms with Crippen LogP contribution in [0.1, 0.15) is 33.6 Å². The molecule has 0 spiro atoms. The molecule has 0 radical (unpaired) electrons. The van der Waals surface area contributed by atoms with Gasteiger partial charge in [-0.15, -0.1) is 11.8 Å². The van der Waals surface area contributed by atoms with Crippen molar-refractivity contribution in [2.24, 2.45) is 0 Å². The lowest BCUT2D eigenvalue weighted by atomic mass is 9.80. The zero-order valence-electron chi connectivity index (χ0n) is 16.5. The number of carbonyl (C=O) groups excluding carboxylic acids is 3. The second kappa shape index (κ2) is 9.26. The van der Waals surface area contributed by atoms with Gasteiger partial charge in [0.05, 0.1) is 36.2 Å². The summed E-state index contributed by atoms with van der Waals surface area (Å²) in [7, 11) is 0. The zero-order chi connectivity index (χ0) is 21.8. The molecule has 4 rings (SSSR count). The molecule has 0 saturated heterocycles. The van der Waals surface area contributed by atoms with Crippen LogP contribution in [0.4, 0.5) is 0 Å². The molecule has 1 aliphatic carbocycles. The number of benzene rings is 1. The summed E-state index contributed by atoms with van der Waals surface area (Å²) in [5, 5.41) is 10.0. The lowest BCUT2D eigenvalue weighted by Crippen LogP contribution is -2.34. The molecule has 0 saturated carbocycles. The van der Waals surface area contributed by atoms with Crippen LogP contribution in [0.3, 0.4) is 0 Å². The van der Waals surface area contributed by atoms with E-state index in [0.717, 1.165) is 0 Å². The van der Waals surface area contributed by atoms with Gasteiger partial charge in [-0.05, 0) is 18.2 Å². The van der Waals surface area contributed by atoms with Crippen LogP contribution >= 0.6 is 11.8 Å². The Kier molecular flexibility index (Phi) is 6.27. The summed E-state index contributed by atoms with van der Waals surface area (Å²) in [5.74, 6) is 11.5. The van der Waals surface area contributed by atoms with Crippen LogP contribution < -0.4 is 0 Å². The summed E-state index contributed by atoms with van der Waals surface area (Å²) >= 11 is 1.59.